The fourth-order valence-electron chi connectivity index (χ4n) is 2.90. The van der Waals surface area contributed by atoms with E-state index in [4.69, 9.17) is 4.74 Å². The summed E-state index contributed by atoms with van der Waals surface area (Å²) in [6, 6.07) is 19.7. The Labute approximate surface area is 189 Å². The quantitative estimate of drug-likeness (QED) is 0.334. The average molecular weight is 486 g/mol. The molecule has 0 atom stereocenters. The Kier molecular flexibility index (Phi) is 7.21. The maximum absolute atomic E-state index is 12.1. The maximum atomic E-state index is 12.1. The summed E-state index contributed by atoms with van der Waals surface area (Å²) in [4.78, 5) is 25.1. The van der Waals surface area contributed by atoms with Gasteiger partial charge in [-0.25, -0.2) is 0 Å². The first-order valence-electron chi connectivity index (χ1n) is 9.60. The summed E-state index contributed by atoms with van der Waals surface area (Å²) < 4.78 is 6.07. The Morgan fingerprint density at radius 3 is 2.40 bits per heavy atom. The molecule has 0 spiro atoms. The lowest BCUT2D eigenvalue weighted by Crippen LogP contribution is -2.21. The molecule has 3 aromatic rings. The molecule has 3 rings (SSSR count). The van der Waals surface area contributed by atoms with Crippen molar-refractivity contribution in [2.24, 2.45) is 0 Å². The van der Waals surface area contributed by atoms with Gasteiger partial charge in [-0.15, -0.1) is 11.8 Å². The smallest absolute Gasteiger partial charge is 0.316 e. The number of fused-ring (bicyclic) bond motifs is 1. The second-order valence-electron chi connectivity index (χ2n) is 7.92. The summed E-state index contributed by atoms with van der Waals surface area (Å²) in [7, 11) is 0. The second-order valence-corrected chi connectivity index (χ2v) is 9.73. The normalized spacial score (nSPS) is 11.3. The first-order valence-corrected chi connectivity index (χ1v) is 11.4. The molecule has 0 unspecified atom stereocenters. The molecule has 0 aliphatic carbocycles. The van der Waals surface area contributed by atoms with Crippen molar-refractivity contribution in [3.63, 3.8) is 0 Å². The van der Waals surface area contributed by atoms with Crippen molar-refractivity contribution < 1.29 is 14.3 Å². The number of carbonyl (C=O) groups excluding carboxylic acids is 2. The van der Waals surface area contributed by atoms with Gasteiger partial charge in [-0.3, -0.25) is 9.59 Å². The molecule has 0 saturated heterocycles. The Bertz CT molecular complexity index is 1060. The molecular weight excluding hydrogens is 462 g/mol. The van der Waals surface area contributed by atoms with Gasteiger partial charge < -0.3 is 10.1 Å². The predicted octanol–water partition coefficient (Wildman–Crippen LogP) is 6.17. The van der Waals surface area contributed by atoms with Gasteiger partial charge in [0.15, 0.2) is 6.61 Å². The third-order valence-electron chi connectivity index (χ3n) is 4.57. The number of hydrogen-bond donors (Lipinski definition) is 1. The minimum Gasteiger partial charge on any atom is -0.455 e. The number of ether oxygens (including phenoxy) is 1. The van der Waals surface area contributed by atoms with Gasteiger partial charge in [0.1, 0.15) is 0 Å². The molecule has 0 bridgehead atoms. The van der Waals surface area contributed by atoms with E-state index in [0.717, 1.165) is 20.1 Å². The fraction of sp³-hybridized carbons (Fsp3) is 0.250. The molecule has 4 nitrogen and oxygen atoms in total. The highest BCUT2D eigenvalue weighted by Gasteiger charge is 2.14. The molecule has 1 N–H and O–H groups in total. The largest absolute Gasteiger partial charge is 0.455 e. The van der Waals surface area contributed by atoms with Crippen molar-refractivity contribution in [2.75, 3.05) is 17.7 Å². The molecule has 0 aliphatic heterocycles. The first kappa shape index (κ1) is 22.4. The SMILES string of the molecule is CC(C)(C)c1ccc(NC(=O)COC(=O)CSc2ccc3ccccc3c2Br)cc1. The van der Waals surface area contributed by atoms with Gasteiger partial charge in [-0.2, -0.15) is 0 Å². The van der Waals surface area contributed by atoms with E-state index >= 15 is 0 Å². The summed E-state index contributed by atoms with van der Waals surface area (Å²) >= 11 is 4.99. The van der Waals surface area contributed by atoms with Gasteiger partial charge in [-0.05, 0) is 55.9 Å². The maximum Gasteiger partial charge on any atom is 0.316 e. The number of hydrogen-bond acceptors (Lipinski definition) is 4. The number of anilines is 1. The van der Waals surface area contributed by atoms with Crippen LogP contribution in [-0.4, -0.2) is 24.2 Å². The van der Waals surface area contributed by atoms with Gasteiger partial charge >= 0.3 is 5.97 Å². The van der Waals surface area contributed by atoms with Crippen LogP contribution < -0.4 is 5.32 Å². The number of benzene rings is 3. The van der Waals surface area contributed by atoms with Crippen molar-refractivity contribution in [1.29, 1.82) is 0 Å². The zero-order valence-electron chi connectivity index (χ0n) is 17.2. The van der Waals surface area contributed by atoms with E-state index in [9.17, 15) is 9.59 Å². The third-order valence-corrected chi connectivity index (χ3v) is 6.72. The van der Waals surface area contributed by atoms with E-state index < -0.39 is 5.97 Å². The summed E-state index contributed by atoms with van der Waals surface area (Å²) in [5.74, 6) is -0.660. The zero-order chi connectivity index (χ0) is 21.7. The number of rotatable bonds is 6. The monoisotopic (exact) mass is 485 g/mol. The lowest BCUT2D eigenvalue weighted by atomic mass is 9.87. The number of esters is 1. The number of thioether (sulfide) groups is 1. The van der Waals surface area contributed by atoms with Crippen molar-refractivity contribution in [3.8, 4) is 0 Å². The number of halogens is 1. The first-order chi connectivity index (χ1) is 14.2. The predicted molar refractivity (Wildman–Crippen MR) is 127 cm³/mol. The van der Waals surface area contributed by atoms with E-state index in [2.05, 4.69) is 42.0 Å². The molecule has 6 heteroatoms. The lowest BCUT2D eigenvalue weighted by Gasteiger charge is -2.19. The second kappa shape index (κ2) is 9.67. The Morgan fingerprint density at radius 2 is 1.70 bits per heavy atom. The molecule has 30 heavy (non-hydrogen) atoms. The highest BCUT2D eigenvalue weighted by Crippen LogP contribution is 2.34. The van der Waals surface area contributed by atoms with E-state index in [-0.39, 0.29) is 23.7 Å². The van der Waals surface area contributed by atoms with Gasteiger partial charge in [0.2, 0.25) is 0 Å². The molecule has 0 aromatic heterocycles. The Balaban J connectivity index is 1.48. The molecule has 0 saturated carbocycles. The molecule has 0 aliphatic rings. The zero-order valence-corrected chi connectivity index (χ0v) is 19.6. The third kappa shape index (κ3) is 5.86. The Hall–Kier alpha value is -2.31. The van der Waals surface area contributed by atoms with Crippen LogP contribution in [0.2, 0.25) is 0 Å². The molecule has 1 amide bonds. The van der Waals surface area contributed by atoms with Crippen LogP contribution in [0.4, 0.5) is 5.69 Å². The highest BCUT2D eigenvalue weighted by molar-refractivity contribution is 9.10. The number of carbonyl (C=O) groups is 2. The molecule has 3 aromatic carbocycles. The number of amides is 1. The standard InChI is InChI=1S/C24H24BrNO3S/c1-24(2,3)17-9-11-18(12-10-17)26-21(27)14-29-22(28)15-30-20-13-8-16-6-4-5-7-19(16)23(20)25/h4-13H,14-15H2,1-3H3,(H,26,27). The topological polar surface area (TPSA) is 55.4 Å². The summed E-state index contributed by atoms with van der Waals surface area (Å²) in [5.41, 5.74) is 1.91. The van der Waals surface area contributed by atoms with Crippen LogP contribution in [0.5, 0.6) is 0 Å². The fourth-order valence-corrected chi connectivity index (χ4v) is 4.49. The number of nitrogens with one attached hydrogen (secondary N) is 1. The van der Waals surface area contributed by atoms with E-state index in [0.29, 0.717) is 5.69 Å². The minimum absolute atomic E-state index is 0.0514. The van der Waals surface area contributed by atoms with Crippen molar-refractivity contribution in [3.05, 3.63) is 70.7 Å². The highest BCUT2D eigenvalue weighted by atomic mass is 79.9. The van der Waals surface area contributed by atoms with Crippen LogP contribution in [0.25, 0.3) is 10.8 Å². The van der Waals surface area contributed by atoms with Gasteiger partial charge in [-0.1, -0.05) is 63.2 Å². The van der Waals surface area contributed by atoms with E-state index in [1.165, 1.54) is 17.3 Å². The summed E-state index contributed by atoms with van der Waals surface area (Å²) in [6.07, 6.45) is 0. The van der Waals surface area contributed by atoms with Gasteiger partial charge in [0.25, 0.3) is 5.91 Å². The van der Waals surface area contributed by atoms with Crippen molar-refractivity contribution >= 4 is 56.0 Å². The summed E-state index contributed by atoms with van der Waals surface area (Å²) in [5, 5.41) is 4.97. The van der Waals surface area contributed by atoms with Crippen LogP contribution in [0.3, 0.4) is 0 Å². The molecule has 0 fully saturated rings. The van der Waals surface area contributed by atoms with E-state index in [1.807, 2.05) is 60.7 Å². The molecule has 156 valence electrons. The van der Waals surface area contributed by atoms with Crippen LogP contribution in [0, 0.1) is 0 Å². The Morgan fingerprint density at radius 1 is 1.00 bits per heavy atom. The van der Waals surface area contributed by atoms with Crippen LogP contribution in [0.1, 0.15) is 26.3 Å². The van der Waals surface area contributed by atoms with Crippen LogP contribution in [-0.2, 0) is 19.7 Å². The summed E-state index contributed by atoms with van der Waals surface area (Å²) in [6.45, 7) is 6.09. The minimum atomic E-state index is -0.432. The van der Waals surface area contributed by atoms with E-state index in [1.54, 1.807) is 0 Å². The van der Waals surface area contributed by atoms with Crippen molar-refractivity contribution in [2.45, 2.75) is 31.1 Å². The lowest BCUT2D eigenvalue weighted by molar-refractivity contribution is -0.144. The molecular formula is C24H24BrNO3S. The van der Waals surface area contributed by atoms with Crippen LogP contribution in [0.15, 0.2) is 70.0 Å². The molecule has 0 radical (unpaired) electrons. The molecule has 0 heterocycles. The van der Waals surface area contributed by atoms with Gasteiger partial charge in [0.05, 0.1) is 5.75 Å². The van der Waals surface area contributed by atoms with Crippen molar-refractivity contribution in [1.82, 2.24) is 0 Å². The average Bonchev–Trinajstić information content (AvgIpc) is 2.72. The van der Waals surface area contributed by atoms with Crippen LogP contribution >= 0.6 is 27.7 Å². The van der Waals surface area contributed by atoms with Gasteiger partial charge in [0, 0.05) is 15.1 Å².